The smallest absolute Gasteiger partial charge is 0.108 e. The second kappa shape index (κ2) is 5.61. The van der Waals surface area contributed by atoms with Crippen LogP contribution in [-0.2, 0) is 0 Å². The van der Waals surface area contributed by atoms with Crippen molar-refractivity contribution in [1.82, 2.24) is 0 Å². The molecule has 0 fully saturated rings. The van der Waals surface area contributed by atoms with Crippen LogP contribution in [0, 0.1) is 0 Å². The molecule has 0 amide bonds. The number of hydrogen-bond acceptors (Lipinski definition) is 2. The first-order valence-corrected chi connectivity index (χ1v) is 6.28. The molecule has 0 aliphatic carbocycles. The first kappa shape index (κ1) is 13.2. The van der Waals surface area contributed by atoms with E-state index in [1.165, 1.54) is 0 Å². The molecular weight excluding hydrogens is 269 g/mol. The molecular formula is C14H13Cl2NO. The molecule has 18 heavy (non-hydrogen) atoms. The van der Waals surface area contributed by atoms with Crippen molar-refractivity contribution in [2.45, 2.75) is 6.10 Å². The lowest BCUT2D eigenvalue weighted by atomic mass is 10.00. The Hall–Kier alpha value is -1.22. The van der Waals surface area contributed by atoms with Gasteiger partial charge in [0.05, 0.1) is 0 Å². The standard InChI is InChI=1S/C14H13Cl2NO/c1-17-13-7-6-9(15)8-11(13)14(18)10-4-2-3-5-12(10)16/h2-8,14,17-18H,1H3. The molecule has 0 saturated heterocycles. The third-order valence-electron chi connectivity index (χ3n) is 2.78. The molecule has 94 valence electrons. The van der Waals surface area contributed by atoms with Gasteiger partial charge < -0.3 is 10.4 Å². The average molecular weight is 282 g/mol. The van der Waals surface area contributed by atoms with Crippen LogP contribution in [0.1, 0.15) is 17.2 Å². The summed E-state index contributed by atoms with van der Waals surface area (Å²) < 4.78 is 0. The zero-order valence-electron chi connectivity index (χ0n) is 9.82. The summed E-state index contributed by atoms with van der Waals surface area (Å²) in [6.07, 6.45) is -0.806. The molecule has 2 rings (SSSR count). The minimum Gasteiger partial charge on any atom is -0.388 e. The highest BCUT2D eigenvalue weighted by Gasteiger charge is 2.17. The van der Waals surface area contributed by atoms with Crippen molar-refractivity contribution in [2.75, 3.05) is 12.4 Å². The summed E-state index contributed by atoms with van der Waals surface area (Å²) in [5, 5.41) is 14.6. The summed E-state index contributed by atoms with van der Waals surface area (Å²) in [4.78, 5) is 0. The predicted octanol–water partition coefficient (Wildman–Crippen LogP) is 4.12. The highest BCUT2D eigenvalue weighted by molar-refractivity contribution is 6.31. The Bertz CT molecular complexity index is 557. The van der Waals surface area contributed by atoms with Crippen LogP contribution in [0.3, 0.4) is 0 Å². The minimum atomic E-state index is -0.806. The van der Waals surface area contributed by atoms with E-state index in [0.29, 0.717) is 21.2 Å². The molecule has 0 aliphatic rings. The summed E-state index contributed by atoms with van der Waals surface area (Å²) in [6, 6.07) is 12.6. The lowest BCUT2D eigenvalue weighted by Gasteiger charge is -2.17. The predicted molar refractivity (Wildman–Crippen MR) is 76.5 cm³/mol. The van der Waals surface area contributed by atoms with Gasteiger partial charge in [0.2, 0.25) is 0 Å². The second-order valence-electron chi connectivity index (χ2n) is 3.91. The Labute approximate surface area is 116 Å². The number of halogens is 2. The summed E-state index contributed by atoms with van der Waals surface area (Å²) in [5.41, 5.74) is 2.20. The maximum atomic E-state index is 10.4. The topological polar surface area (TPSA) is 32.3 Å². The first-order valence-electron chi connectivity index (χ1n) is 5.53. The van der Waals surface area contributed by atoms with E-state index in [0.717, 1.165) is 5.69 Å². The van der Waals surface area contributed by atoms with Crippen LogP contribution in [0.5, 0.6) is 0 Å². The van der Waals surface area contributed by atoms with E-state index in [4.69, 9.17) is 23.2 Å². The fraction of sp³-hybridized carbons (Fsp3) is 0.143. The largest absolute Gasteiger partial charge is 0.388 e. The van der Waals surface area contributed by atoms with Gasteiger partial charge in [-0.3, -0.25) is 0 Å². The molecule has 0 aromatic heterocycles. The van der Waals surface area contributed by atoms with E-state index in [1.807, 2.05) is 18.2 Å². The molecule has 0 bridgehead atoms. The summed E-state index contributed by atoms with van der Waals surface area (Å²) in [6.45, 7) is 0. The molecule has 1 unspecified atom stereocenters. The van der Waals surface area contributed by atoms with Crippen LogP contribution < -0.4 is 5.32 Å². The normalized spacial score (nSPS) is 12.2. The summed E-state index contributed by atoms with van der Waals surface area (Å²) in [5.74, 6) is 0. The Kier molecular flexibility index (Phi) is 4.12. The second-order valence-corrected chi connectivity index (χ2v) is 4.75. The van der Waals surface area contributed by atoms with Gasteiger partial charge >= 0.3 is 0 Å². The lowest BCUT2D eigenvalue weighted by Crippen LogP contribution is -2.04. The molecule has 2 nitrogen and oxygen atoms in total. The van der Waals surface area contributed by atoms with Gasteiger partial charge in [-0.25, -0.2) is 0 Å². The molecule has 0 heterocycles. The van der Waals surface area contributed by atoms with Gasteiger partial charge in [-0.15, -0.1) is 0 Å². The van der Waals surface area contributed by atoms with Crippen molar-refractivity contribution in [1.29, 1.82) is 0 Å². The molecule has 1 atom stereocenters. The van der Waals surface area contributed by atoms with E-state index >= 15 is 0 Å². The Morgan fingerprint density at radius 1 is 1.06 bits per heavy atom. The van der Waals surface area contributed by atoms with Crippen LogP contribution in [0.2, 0.25) is 10.0 Å². The van der Waals surface area contributed by atoms with Gasteiger partial charge in [-0.2, -0.15) is 0 Å². The number of rotatable bonds is 3. The van der Waals surface area contributed by atoms with E-state index in [9.17, 15) is 5.11 Å². The van der Waals surface area contributed by atoms with Gasteiger partial charge in [0.1, 0.15) is 6.10 Å². The van der Waals surface area contributed by atoms with Crippen LogP contribution >= 0.6 is 23.2 Å². The highest BCUT2D eigenvalue weighted by Crippen LogP contribution is 2.33. The van der Waals surface area contributed by atoms with E-state index in [1.54, 1.807) is 31.3 Å². The van der Waals surface area contributed by atoms with Crippen molar-refractivity contribution in [3.63, 3.8) is 0 Å². The average Bonchev–Trinajstić information content (AvgIpc) is 2.38. The van der Waals surface area contributed by atoms with Gasteiger partial charge in [0.25, 0.3) is 0 Å². The third kappa shape index (κ3) is 2.61. The van der Waals surface area contributed by atoms with Crippen LogP contribution in [-0.4, -0.2) is 12.2 Å². The molecule has 0 saturated carbocycles. The monoisotopic (exact) mass is 281 g/mol. The number of hydrogen-bond donors (Lipinski definition) is 2. The number of nitrogens with one attached hydrogen (secondary N) is 1. The Morgan fingerprint density at radius 3 is 2.44 bits per heavy atom. The maximum Gasteiger partial charge on any atom is 0.108 e. The zero-order valence-corrected chi connectivity index (χ0v) is 11.3. The molecule has 0 aliphatic heterocycles. The lowest BCUT2D eigenvalue weighted by molar-refractivity contribution is 0.221. The van der Waals surface area contributed by atoms with Crippen molar-refractivity contribution in [2.24, 2.45) is 0 Å². The van der Waals surface area contributed by atoms with Crippen LogP contribution in [0.25, 0.3) is 0 Å². The van der Waals surface area contributed by atoms with E-state index in [2.05, 4.69) is 5.32 Å². The van der Waals surface area contributed by atoms with Gasteiger partial charge in [-0.1, -0.05) is 41.4 Å². The fourth-order valence-electron chi connectivity index (χ4n) is 1.85. The number of benzene rings is 2. The quantitative estimate of drug-likeness (QED) is 0.887. The van der Waals surface area contributed by atoms with Gasteiger partial charge in [0, 0.05) is 33.9 Å². The molecule has 4 heteroatoms. The minimum absolute atomic E-state index is 0.534. The SMILES string of the molecule is CNc1ccc(Cl)cc1C(O)c1ccccc1Cl. The molecule has 2 aromatic rings. The van der Waals surface area contributed by atoms with E-state index in [-0.39, 0.29) is 0 Å². The third-order valence-corrected chi connectivity index (χ3v) is 3.36. The summed E-state index contributed by atoms with van der Waals surface area (Å²) >= 11 is 12.1. The maximum absolute atomic E-state index is 10.4. The molecule has 2 N–H and O–H groups in total. The van der Waals surface area contributed by atoms with Gasteiger partial charge in [0.15, 0.2) is 0 Å². The fourth-order valence-corrected chi connectivity index (χ4v) is 2.27. The first-order chi connectivity index (χ1) is 8.63. The summed E-state index contributed by atoms with van der Waals surface area (Å²) in [7, 11) is 1.80. The van der Waals surface area contributed by atoms with E-state index < -0.39 is 6.10 Å². The number of aliphatic hydroxyl groups is 1. The molecule has 0 spiro atoms. The molecule has 0 radical (unpaired) electrons. The number of aliphatic hydroxyl groups excluding tert-OH is 1. The zero-order chi connectivity index (χ0) is 13.1. The van der Waals surface area contributed by atoms with Crippen molar-refractivity contribution in [3.8, 4) is 0 Å². The van der Waals surface area contributed by atoms with Crippen molar-refractivity contribution < 1.29 is 5.11 Å². The molecule has 2 aromatic carbocycles. The van der Waals surface area contributed by atoms with Crippen LogP contribution in [0.15, 0.2) is 42.5 Å². The Morgan fingerprint density at radius 2 is 1.78 bits per heavy atom. The van der Waals surface area contributed by atoms with Gasteiger partial charge in [-0.05, 0) is 24.3 Å². The van der Waals surface area contributed by atoms with Crippen molar-refractivity contribution >= 4 is 28.9 Å². The highest BCUT2D eigenvalue weighted by atomic mass is 35.5. The van der Waals surface area contributed by atoms with Crippen LogP contribution in [0.4, 0.5) is 5.69 Å². The van der Waals surface area contributed by atoms with Crippen molar-refractivity contribution in [3.05, 3.63) is 63.6 Å². The Balaban J connectivity index is 2.48. The number of anilines is 1.